The molecule has 0 radical (unpaired) electrons. The van der Waals surface area contributed by atoms with Crippen LogP contribution in [0.15, 0.2) is 0 Å². The van der Waals surface area contributed by atoms with Crippen molar-refractivity contribution in [1.82, 2.24) is 10.2 Å². The number of rotatable bonds is 4. The van der Waals surface area contributed by atoms with Crippen molar-refractivity contribution in [1.29, 1.82) is 0 Å². The summed E-state index contributed by atoms with van der Waals surface area (Å²) < 4.78 is 0. The highest BCUT2D eigenvalue weighted by Crippen LogP contribution is 2.29. The molecule has 1 aliphatic carbocycles. The quantitative estimate of drug-likeness (QED) is 0.765. The van der Waals surface area contributed by atoms with Gasteiger partial charge in [0.25, 0.3) is 0 Å². The van der Waals surface area contributed by atoms with Crippen molar-refractivity contribution in [2.45, 2.75) is 51.5 Å². The molecule has 0 aromatic rings. The third-order valence-corrected chi connectivity index (χ3v) is 4.41. The zero-order valence-electron chi connectivity index (χ0n) is 10.4. The number of piperazine rings is 1. The van der Waals surface area contributed by atoms with E-state index in [-0.39, 0.29) is 0 Å². The highest BCUT2D eigenvalue weighted by Gasteiger charge is 2.29. The fourth-order valence-electron chi connectivity index (χ4n) is 2.72. The summed E-state index contributed by atoms with van der Waals surface area (Å²) in [5, 5.41) is 3.65. The van der Waals surface area contributed by atoms with E-state index in [1.807, 2.05) is 0 Å². The maximum Gasteiger partial charge on any atom is 0.0278 e. The van der Waals surface area contributed by atoms with Crippen LogP contribution in [-0.4, -0.2) is 36.6 Å². The maximum absolute atomic E-state index is 3.65. The van der Waals surface area contributed by atoms with Gasteiger partial charge in [-0.05, 0) is 32.2 Å². The lowest BCUT2D eigenvalue weighted by Gasteiger charge is -2.42. The van der Waals surface area contributed by atoms with Gasteiger partial charge in [-0.1, -0.05) is 26.2 Å². The highest BCUT2D eigenvalue weighted by atomic mass is 15.2. The minimum absolute atomic E-state index is 0.373. The van der Waals surface area contributed by atoms with Gasteiger partial charge in [0, 0.05) is 25.2 Å². The molecule has 1 N–H and O–H groups in total. The fourth-order valence-corrected chi connectivity index (χ4v) is 2.72. The Morgan fingerprint density at radius 3 is 2.80 bits per heavy atom. The van der Waals surface area contributed by atoms with E-state index >= 15 is 0 Å². The molecule has 2 nitrogen and oxygen atoms in total. The van der Waals surface area contributed by atoms with Crippen LogP contribution in [0.3, 0.4) is 0 Å². The van der Waals surface area contributed by atoms with Crippen LogP contribution in [0.2, 0.25) is 0 Å². The summed E-state index contributed by atoms with van der Waals surface area (Å²) in [6, 6.07) is 0. The van der Waals surface area contributed by atoms with Crippen molar-refractivity contribution in [2.75, 3.05) is 26.2 Å². The Hall–Kier alpha value is -0.0800. The summed E-state index contributed by atoms with van der Waals surface area (Å²) in [5.41, 5.74) is 0.373. The number of hydrogen-bond donors (Lipinski definition) is 1. The van der Waals surface area contributed by atoms with Gasteiger partial charge in [0.2, 0.25) is 0 Å². The van der Waals surface area contributed by atoms with Gasteiger partial charge in [0.15, 0.2) is 0 Å². The Bertz CT molecular complexity index is 201. The molecule has 1 saturated carbocycles. The number of nitrogens with one attached hydrogen (secondary N) is 1. The Morgan fingerprint density at radius 1 is 1.40 bits per heavy atom. The molecule has 15 heavy (non-hydrogen) atoms. The van der Waals surface area contributed by atoms with Gasteiger partial charge < -0.3 is 10.2 Å². The summed E-state index contributed by atoms with van der Waals surface area (Å²) in [5.74, 6) is 1.06. The van der Waals surface area contributed by atoms with E-state index in [4.69, 9.17) is 0 Å². The van der Waals surface area contributed by atoms with Gasteiger partial charge in [-0.15, -0.1) is 0 Å². The van der Waals surface area contributed by atoms with E-state index in [9.17, 15) is 0 Å². The van der Waals surface area contributed by atoms with Crippen LogP contribution in [-0.2, 0) is 0 Å². The molecule has 1 atom stereocenters. The van der Waals surface area contributed by atoms with Crippen LogP contribution in [0.1, 0.15) is 46.0 Å². The second-order valence-electron chi connectivity index (χ2n) is 5.70. The van der Waals surface area contributed by atoms with Gasteiger partial charge in [-0.2, -0.15) is 0 Å². The van der Waals surface area contributed by atoms with Crippen molar-refractivity contribution in [2.24, 2.45) is 5.92 Å². The fraction of sp³-hybridized carbons (Fsp3) is 1.00. The van der Waals surface area contributed by atoms with E-state index in [2.05, 4.69) is 24.1 Å². The first-order chi connectivity index (χ1) is 7.22. The van der Waals surface area contributed by atoms with Crippen LogP contribution in [0.5, 0.6) is 0 Å². The van der Waals surface area contributed by atoms with E-state index in [1.54, 1.807) is 0 Å². The van der Waals surface area contributed by atoms with Crippen LogP contribution in [0.4, 0.5) is 0 Å². The standard InChI is InChI=1S/C13H26N2/c1-3-13(2)11-15(10-8-14-13)9-7-12-5-4-6-12/h12,14H,3-11H2,1-2H3. The van der Waals surface area contributed by atoms with Gasteiger partial charge >= 0.3 is 0 Å². The lowest BCUT2D eigenvalue weighted by Crippen LogP contribution is -2.58. The van der Waals surface area contributed by atoms with E-state index < -0.39 is 0 Å². The molecule has 2 rings (SSSR count). The highest BCUT2D eigenvalue weighted by molar-refractivity contribution is 4.89. The lowest BCUT2D eigenvalue weighted by molar-refractivity contribution is 0.125. The molecule has 0 aromatic carbocycles. The van der Waals surface area contributed by atoms with Crippen LogP contribution < -0.4 is 5.32 Å². The maximum atomic E-state index is 3.65. The lowest BCUT2D eigenvalue weighted by atomic mass is 9.83. The molecule has 1 heterocycles. The van der Waals surface area contributed by atoms with Crippen LogP contribution in [0, 0.1) is 5.92 Å². The Labute approximate surface area is 94.4 Å². The molecule has 0 aromatic heterocycles. The largest absolute Gasteiger partial charge is 0.309 e. The van der Waals surface area contributed by atoms with Crippen molar-refractivity contribution in [3.05, 3.63) is 0 Å². The second-order valence-corrected chi connectivity index (χ2v) is 5.70. The van der Waals surface area contributed by atoms with E-state index in [0.29, 0.717) is 5.54 Å². The summed E-state index contributed by atoms with van der Waals surface area (Å²) >= 11 is 0. The molecule has 2 aliphatic rings. The van der Waals surface area contributed by atoms with E-state index in [1.165, 1.54) is 58.3 Å². The monoisotopic (exact) mass is 210 g/mol. The molecule has 1 saturated heterocycles. The summed E-state index contributed by atoms with van der Waals surface area (Å²) in [4.78, 5) is 2.66. The number of hydrogen-bond acceptors (Lipinski definition) is 2. The third kappa shape index (κ3) is 2.94. The molecule has 2 heteroatoms. The van der Waals surface area contributed by atoms with Gasteiger partial charge in [0.1, 0.15) is 0 Å². The minimum Gasteiger partial charge on any atom is -0.309 e. The minimum atomic E-state index is 0.373. The average molecular weight is 210 g/mol. The molecule has 0 amide bonds. The first kappa shape index (κ1) is 11.4. The van der Waals surface area contributed by atoms with Crippen molar-refractivity contribution in [3.8, 4) is 0 Å². The zero-order valence-corrected chi connectivity index (χ0v) is 10.4. The smallest absolute Gasteiger partial charge is 0.0278 e. The molecule has 0 spiro atoms. The first-order valence-electron chi connectivity index (χ1n) is 6.69. The Morgan fingerprint density at radius 2 is 2.20 bits per heavy atom. The van der Waals surface area contributed by atoms with Crippen LogP contribution in [0.25, 0.3) is 0 Å². The van der Waals surface area contributed by atoms with Gasteiger partial charge in [-0.25, -0.2) is 0 Å². The Kier molecular flexibility index (Phi) is 3.68. The summed E-state index contributed by atoms with van der Waals surface area (Å²) in [6.45, 7) is 9.67. The van der Waals surface area contributed by atoms with Crippen molar-refractivity contribution in [3.63, 3.8) is 0 Å². The first-order valence-corrected chi connectivity index (χ1v) is 6.69. The molecule has 0 bridgehead atoms. The molecule has 1 unspecified atom stereocenters. The Balaban J connectivity index is 1.72. The number of nitrogens with zero attached hydrogens (tertiary/aromatic N) is 1. The van der Waals surface area contributed by atoms with Crippen LogP contribution >= 0.6 is 0 Å². The van der Waals surface area contributed by atoms with Gasteiger partial charge in [-0.3, -0.25) is 0 Å². The SMILES string of the molecule is CCC1(C)CN(CCC2CCC2)CCN1. The normalized spacial score (nSPS) is 34.0. The van der Waals surface area contributed by atoms with E-state index in [0.717, 1.165) is 5.92 Å². The molecular formula is C13H26N2. The van der Waals surface area contributed by atoms with Crippen molar-refractivity contribution >= 4 is 0 Å². The second kappa shape index (κ2) is 4.84. The zero-order chi connectivity index (χ0) is 10.7. The predicted molar refractivity (Wildman–Crippen MR) is 65.1 cm³/mol. The summed E-state index contributed by atoms with van der Waals surface area (Å²) in [6.07, 6.45) is 7.17. The van der Waals surface area contributed by atoms with Crippen molar-refractivity contribution < 1.29 is 0 Å². The molecule has 1 aliphatic heterocycles. The summed E-state index contributed by atoms with van der Waals surface area (Å²) in [7, 11) is 0. The predicted octanol–water partition coefficient (Wildman–Crippen LogP) is 2.25. The topological polar surface area (TPSA) is 15.3 Å². The molecule has 2 fully saturated rings. The third-order valence-electron chi connectivity index (χ3n) is 4.41. The van der Waals surface area contributed by atoms with Gasteiger partial charge in [0.05, 0.1) is 0 Å². The molecule has 88 valence electrons. The molecular weight excluding hydrogens is 184 g/mol. The average Bonchev–Trinajstić information content (AvgIpc) is 2.16.